The van der Waals surface area contributed by atoms with Crippen molar-refractivity contribution in [1.82, 2.24) is 15.1 Å². The summed E-state index contributed by atoms with van der Waals surface area (Å²) in [4.78, 5) is 31.1. The van der Waals surface area contributed by atoms with Crippen molar-refractivity contribution >= 4 is 23.3 Å². The van der Waals surface area contributed by atoms with Crippen molar-refractivity contribution < 1.29 is 18.7 Å². The van der Waals surface area contributed by atoms with Crippen LogP contribution in [0.2, 0.25) is 0 Å². The Morgan fingerprint density at radius 2 is 1.69 bits per heavy atom. The molecule has 0 spiro atoms. The van der Waals surface area contributed by atoms with Crippen molar-refractivity contribution in [1.29, 1.82) is 0 Å². The summed E-state index contributed by atoms with van der Waals surface area (Å²) >= 11 is 0. The lowest BCUT2D eigenvalue weighted by atomic mass is 10.1. The number of ether oxygens (including phenoxy) is 1. The Kier molecular flexibility index (Phi) is 6.79. The van der Waals surface area contributed by atoms with Crippen LogP contribution in [0.15, 0.2) is 60.7 Å². The van der Waals surface area contributed by atoms with E-state index in [1.807, 2.05) is 48.2 Å². The molecule has 2 aromatic carbocycles. The second kappa shape index (κ2) is 10.3. The Morgan fingerprint density at radius 3 is 2.33 bits per heavy atom. The first kappa shape index (κ1) is 23.7. The molecular formula is C27H28FN5O3. The van der Waals surface area contributed by atoms with Crippen molar-refractivity contribution in [3.63, 3.8) is 0 Å². The SMILES string of the molecule is CCOc1ccc(-c2ccc(N3CCN(C(=O)C4CC(=O)N(c5ccc(F)cc5)C4)CC3)nn2)cc1. The third-order valence-corrected chi connectivity index (χ3v) is 6.64. The van der Waals surface area contributed by atoms with E-state index in [9.17, 15) is 14.0 Å². The number of halogens is 1. The smallest absolute Gasteiger partial charge is 0.228 e. The number of benzene rings is 2. The number of carbonyl (C=O) groups excluding carboxylic acids is 2. The Balaban J connectivity index is 1.16. The zero-order valence-corrected chi connectivity index (χ0v) is 20.1. The third-order valence-electron chi connectivity index (χ3n) is 6.64. The lowest BCUT2D eigenvalue weighted by Gasteiger charge is -2.36. The molecule has 2 aliphatic heterocycles. The maximum atomic E-state index is 13.2. The average Bonchev–Trinajstić information content (AvgIpc) is 3.31. The number of piperazine rings is 1. The first-order valence-corrected chi connectivity index (χ1v) is 12.2. The Hall–Kier alpha value is -4.01. The summed E-state index contributed by atoms with van der Waals surface area (Å²) in [5.74, 6) is 0.735. The quantitative estimate of drug-likeness (QED) is 0.528. The molecular weight excluding hydrogens is 461 g/mol. The molecule has 0 bridgehead atoms. The fourth-order valence-corrected chi connectivity index (χ4v) is 4.69. The van der Waals surface area contributed by atoms with Crippen LogP contribution in [0.25, 0.3) is 11.3 Å². The highest BCUT2D eigenvalue weighted by Gasteiger charge is 2.38. The van der Waals surface area contributed by atoms with Gasteiger partial charge in [-0.3, -0.25) is 9.59 Å². The summed E-state index contributed by atoms with van der Waals surface area (Å²) in [6.07, 6.45) is 0.176. The molecule has 3 heterocycles. The molecule has 9 heteroatoms. The maximum absolute atomic E-state index is 13.2. The monoisotopic (exact) mass is 489 g/mol. The van der Waals surface area contributed by atoms with Crippen molar-refractivity contribution in [3.8, 4) is 17.0 Å². The van der Waals surface area contributed by atoms with Gasteiger partial charge in [0, 0.05) is 50.4 Å². The summed E-state index contributed by atoms with van der Waals surface area (Å²) in [5, 5.41) is 8.80. The van der Waals surface area contributed by atoms with Crippen LogP contribution >= 0.6 is 0 Å². The van der Waals surface area contributed by atoms with Gasteiger partial charge < -0.3 is 19.4 Å². The number of carbonyl (C=O) groups is 2. The van der Waals surface area contributed by atoms with Crippen molar-refractivity contribution in [3.05, 3.63) is 66.5 Å². The molecule has 186 valence electrons. The first-order valence-electron chi connectivity index (χ1n) is 12.2. The highest BCUT2D eigenvalue weighted by Crippen LogP contribution is 2.27. The van der Waals surface area contributed by atoms with E-state index in [0.29, 0.717) is 45.0 Å². The van der Waals surface area contributed by atoms with Crippen molar-refractivity contribution in [2.24, 2.45) is 5.92 Å². The largest absolute Gasteiger partial charge is 0.494 e. The fourth-order valence-electron chi connectivity index (χ4n) is 4.69. The standard InChI is InChI=1S/C27H28FN5O3/c1-2-36-23-9-3-19(4-10-23)24-11-12-25(30-29-24)31-13-15-32(16-14-31)27(35)20-17-26(34)33(18-20)22-7-5-21(28)6-8-22/h3-12,20H,2,13-18H2,1H3. The molecule has 2 aliphatic rings. The molecule has 1 aromatic heterocycles. The highest BCUT2D eigenvalue weighted by atomic mass is 19.1. The second-order valence-corrected chi connectivity index (χ2v) is 8.93. The molecule has 0 saturated carbocycles. The van der Waals surface area contributed by atoms with Gasteiger partial charge in [-0.15, -0.1) is 10.2 Å². The van der Waals surface area contributed by atoms with Crippen LogP contribution in [-0.4, -0.2) is 66.2 Å². The maximum Gasteiger partial charge on any atom is 0.228 e. The Labute approximate surface area is 209 Å². The average molecular weight is 490 g/mol. The van der Waals surface area contributed by atoms with Crippen LogP contribution in [0.3, 0.4) is 0 Å². The van der Waals surface area contributed by atoms with Crippen molar-refractivity contribution in [2.75, 3.05) is 49.1 Å². The number of hydrogen-bond acceptors (Lipinski definition) is 6. The van der Waals surface area contributed by atoms with Crippen LogP contribution in [0.4, 0.5) is 15.9 Å². The van der Waals surface area contributed by atoms with Gasteiger partial charge in [-0.05, 0) is 67.6 Å². The highest BCUT2D eigenvalue weighted by molar-refractivity contribution is 6.00. The van der Waals surface area contributed by atoms with Crippen LogP contribution in [0.1, 0.15) is 13.3 Å². The number of rotatable bonds is 6. The summed E-state index contributed by atoms with van der Waals surface area (Å²) in [5.41, 5.74) is 2.37. The third kappa shape index (κ3) is 5.00. The normalized spacial score (nSPS) is 18.0. The van der Waals surface area contributed by atoms with E-state index in [1.54, 1.807) is 17.0 Å². The number of aromatic nitrogens is 2. The molecule has 2 saturated heterocycles. The molecule has 5 rings (SSSR count). The molecule has 8 nitrogen and oxygen atoms in total. The van der Waals surface area contributed by atoms with Gasteiger partial charge in [0.15, 0.2) is 5.82 Å². The molecule has 1 unspecified atom stereocenters. The molecule has 36 heavy (non-hydrogen) atoms. The number of amides is 2. The van der Waals surface area contributed by atoms with Crippen LogP contribution in [-0.2, 0) is 9.59 Å². The topological polar surface area (TPSA) is 78.9 Å². The summed E-state index contributed by atoms with van der Waals surface area (Å²) in [6, 6.07) is 17.4. The van der Waals surface area contributed by atoms with Gasteiger partial charge >= 0.3 is 0 Å². The molecule has 2 fully saturated rings. The van der Waals surface area contributed by atoms with E-state index in [1.165, 1.54) is 12.1 Å². The van der Waals surface area contributed by atoms with Gasteiger partial charge in [0.25, 0.3) is 0 Å². The van der Waals surface area contributed by atoms with Crippen LogP contribution < -0.4 is 14.5 Å². The van der Waals surface area contributed by atoms with Crippen LogP contribution in [0, 0.1) is 11.7 Å². The predicted molar refractivity (Wildman–Crippen MR) is 134 cm³/mol. The number of anilines is 2. The second-order valence-electron chi connectivity index (χ2n) is 8.93. The molecule has 0 radical (unpaired) electrons. The van der Waals surface area contributed by atoms with E-state index in [4.69, 9.17) is 4.74 Å². The predicted octanol–water partition coefficient (Wildman–Crippen LogP) is 3.38. The molecule has 0 N–H and O–H groups in total. The summed E-state index contributed by atoms with van der Waals surface area (Å²) in [7, 11) is 0. The molecule has 0 aliphatic carbocycles. The van der Waals surface area contributed by atoms with Crippen LogP contribution in [0.5, 0.6) is 5.75 Å². The minimum absolute atomic E-state index is 0.00968. The summed E-state index contributed by atoms with van der Waals surface area (Å²) in [6.45, 7) is 5.30. The fraction of sp³-hybridized carbons (Fsp3) is 0.333. The van der Waals surface area contributed by atoms with Gasteiger partial charge in [-0.1, -0.05) is 0 Å². The Bertz CT molecular complexity index is 1210. The van der Waals surface area contributed by atoms with E-state index in [-0.39, 0.29) is 30.0 Å². The first-order chi connectivity index (χ1) is 17.5. The zero-order valence-electron chi connectivity index (χ0n) is 20.1. The van der Waals surface area contributed by atoms with Gasteiger partial charge in [-0.2, -0.15) is 0 Å². The summed E-state index contributed by atoms with van der Waals surface area (Å²) < 4.78 is 18.7. The van der Waals surface area contributed by atoms with Gasteiger partial charge in [0.2, 0.25) is 11.8 Å². The minimum Gasteiger partial charge on any atom is -0.494 e. The lowest BCUT2D eigenvalue weighted by Crippen LogP contribution is -2.51. The Morgan fingerprint density at radius 1 is 0.972 bits per heavy atom. The molecule has 2 amide bonds. The van der Waals surface area contributed by atoms with Crippen molar-refractivity contribution in [2.45, 2.75) is 13.3 Å². The van der Waals surface area contributed by atoms with E-state index < -0.39 is 0 Å². The van der Waals surface area contributed by atoms with E-state index >= 15 is 0 Å². The van der Waals surface area contributed by atoms with Gasteiger partial charge in [0.05, 0.1) is 18.2 Å². The minimum atomic E-state index is -0.387. The lowest BCUT2D eigenvalue weighted by molar-refractivity contribution is -0.136. The van der Waals surface area contributed by atoms with Gasteiger partial charge in [0.1, 0.15) is 11.6 Å². The molecule has 1 atom stereocenters. The van der Waals surface area contributed by atoms with Gasteiger partial charge in [-0.25, -0.2) is 4.39 Å². The number of nitrogens with zero attached hydrogens (tertiary/aromatic N) is 5. The number of hydrogen-bond donors (Lipinski definition) is 0. The zero-order chi connectivity index (χ0) is 25.1. The van der Waals surface area contributed by atoms with E-state index in [0.717, 1.165) is 22.8 Å². The van der Waals surface area contributed by atoms with E-state index in [2.05, 4.69) is 15.1 Å². The molecule has 3 aromatic rings.